The Bertz CT molecular complexity index is 402. The van der Waals surface area contributed by atoms with Gasteiger partial charge < -0.3 is 5.32 Å². The van der Waals surface area contributed by atoms with Gasteiger partial charge in [0.2, 0.25) is 0 Å². The van der Waals surface area contributed by atoms with E-state index in [9.17, 15) is 4.39 Å². The molecule has 0 spiro atoms. The fourth-order valence-corrected chi connectivity index (χ4v) is 3.56. The first-order valence-electron chi connectivity index (χ1n) is 8.00. The van der Waals surface area contributed by atoms with Crippen LogP contribution in [0.5, 0.6) is 0 Å². The van der Waals surface area contributed by atoms with E-state index in [1.165, 1.54) is 24.8 Å². The van der Waals surface area contributed by atoms with Gasteiger partial charge in [-0.25, -0.2) is 4.39 Å². The van der Waals surface area contributed by atoms with Crippen molar-refractivity contribution in [3.05, 3.63) is 35.6 Å². The molecule has 0 saturated heterocycles. The summed E-state index contributed by atoms with van der Waals surface area (Å²) in [6.45, 7) is 9.18. The molecule has 1 fully saturated rings. The smallest absolute Gasteiger partial charge is 0.123 e. The number of benzene rings is 1. The molecule has 0 radical (unpaired) electrons. The van der Waals surface area contributed by atoms with Gasteiger partial charge in [0.1, 0.15) is 5.82 Å². The first-order valence-corrected chi connectivity index (χ1v) is 8.00. The summed E-state index contributed by atoms with van der Waals surface area (Å²) < 4.78 is 13.1. The van der Waals surface area contributed by atoms with Gasteiger partial charge in [0.25, 0.3) is 0 Å². The lowest BCUT2D eigenvalue weighted by Gasteiger charge is -2.39. The molecule has 0 bridgehead atoms. The monoisotopic (exact) mass is 277 g/mol. The van der Waals surface area contributed by atoms with Gasteiger partial charge in [-0.15, -0.1) is 0 Å². The quantitative estimate of drug-likeness (QED) is 0.822. The first kappa shape index (κ1) is 15.5. The number of hydrogen-bond donors (Lipinski definition) is 1. The highest BCUT2D eigenvalue weighted by Gasteiger charge is 2.30. The van der Waals surface area contributed by atoms with Crippen molar-refractivity contribution in [2.45, 2.75) is 59.0 Å². The summed E-state index contributed by atoms with van der Waals surface area (Å²) in [5.74, 6) is 1.79. The fourth-order valence-electron chi connectivity index (χ4n) is 3.56. The third-order valence-corrected chi connectivity index (χ3v) is 4.81. The first-order chi connectivity index (χ1) is 9.49. The average Bonchev–Trinajstić information content (AvgIpc) is 2.39. The van der Waals surface area contributed by atoms with Crippen molar-refractivity contribution in [1.82, 2.24) is 5.32 Å². The molecular weight excluding hydrogens is 249 g/mol. The van der Waals surface area contributed by atoms with E-state index in [-0.39, 0.29) is 5.82 Å². The van der Waals surface area contributed by atoms with E-state index in [4.69, 9.17) is 0 Å². The lowest BCUT2D eigenvalue weighted by atomic mass is 9.77. The molecule has 0 amide bonds. The Hall–Kier alpha value is -0.890. The van der Waals surface area contributed by atoms with Crippen molar-refractivity contribution < 1.29 is 4.39 Å². The van der Waals surface area contributed by atoms with Crippen molar-refractivity contribution >= 4 is 0 Å². The van der Waals surface area contributed by atoms with Gasteiger partial charge in [0.05, 0.1) is 0 Å². The number of nitrogens with one attached hydrogen (secondary N) is 1. The van der Waals surface area contributed by atoms with Crippen LogP contribution in [-0.2, 0) is 0 Å². The zero-order valence-corrected chi connectivity index (χ0v) is 13.2. The lowest BCUT2D eigenvalue weighted by Crippen LogP contribution is -2.45. The van der Waals surface area contributed by atoms with E-state index in [2.05, 4.69) is 33.0 Å². The Morgan fingerprint density at radius 2 is 1.60 bits per heavy atom. The number of halogens is 1. The Labute approximate surface area is 123 Å². The van der Waals surface area contributed by atoms with Crippen LogP contribution in [0.4, 0.5) is 4.39 Å². The van der Waals surface area contributed by atoms with Crippen LogP contribution in [0.3, 0.4) is 0 Å². The van der Waals surface area contributed by atoms with Crippen LogP contribution in [0.25, 0.3) is 0 Å². The van der Waals surface area contributed by atoms with Crippen molar-refractivity contribution in [1.29, 1.82) is 0 Å². The second-order valence-corrected chi connectivity index (χ2v) is 6.85. The highest BCUT2D eigenvalue weighted by atomic mass is 19.1. The maximum Gasteiger partial charge on any atom is 0.123 e. The molecule has 1 aliphatic rings. The van der Waals surface area contributed by atoms with E-state index >= 15 is 0 Å². The zero-order chi connectivity index (χ0) is 14.7. The summed E-state index contributed by atoms with van der Waals surface area (Å²) in [5.41, 5.74) is 1.20. The van der Waals surface area contributed by atoms with Crippen LogP contribution in [0.1, 0.15) is 58.6 Å². The molecule has 20 heavy (non-hydrogen) atoms. The number of hydrogen-bond acceptors (Lipinski definition) is 1. The second kappa shape index (κ2) is 6.71. The molecule has 2 rings (SSSR count). The topological polar surface area (TPSA) is 12.0 Å². The summed E-state index contributed by atoms with van der Waals surface area (Å²) in [7, 11) is 0. The molecule has 3 unspecified atom stereocenters. The summed E-state index contributed by atoms with van der Waals surface area (Å²) in [6.07, 6.45) is 3.98. The van der Waals surface area contributed by atoms with Gasteiger partial charge in [-0.2, -0.15) is 0 Å². The van der Waals surface area contributed by atoms with E-state index in [1.54, 1.807) is 12.1 Å². The van der Waals surface area contributed by atoms with Gasteiger partial charge in [-0.3, -0.25) is 0 Å². The standard InChI is InChI=1S/C18H28FN/c1-12(2)17(15-8-10-16(19)11-9-15)20-18-13(3)6-5-7-14(18)4/h8-14,17-18,20H,5-7H2,1-4H3. The molecule has 112 valence electrons. The van der Waals surface area contributed by atoms with E-state index in [0.717, 1.165) is 11.8 Å². The second-order valence-electron chi connectivity index (χ2n) is 6.85. The predicted octanol–water partition coefficient (Wildman–Crippen LogP) is 4.94. The molecule has 1 aromatic rings. The molecular formula is C18H28FN. The Morgan fingerprint density at radius 3 is 2.10 bits per heavy atom. The summed E-state index contributed by atoms with van der Waals surface area (Å²) in [6, 6.07) is 7.86. The molecule has 0 heterocycles. The molecule has 1 aliphatic carbocycles. The minimum absolute atomic E-state index is 0.157. The Kier molecular flexibility index (Phi) is 5.20. The van der Waals surface area contributed by atoms with Crippen LogP contribution < -0.4 is 5.32 Å². The average molecular weight is 277 g/mol. The summed E-state index contributed by atoms with van der Waals surface area (Å²) in [4.78, 5) is 0. The maximum absolute atomic E-state index is 13.1. The third-order valence-electron chi connectivity index (χ3n) is 4.81. The fraction of sp³-hybridized carbons (Fsp3) is 0.667. The van der Waals surface area contributed by atoms with Crippen LogP contribution >= 0.6 is 0 Å². The van der Waals surface area contributed by atoms with Crippen molar-refractivity contribution in [3.8, 4) is 0 Å². The minimum atomic E-state index is -0.157. The Balaban J connectivity index is 2.14. The summed E-state index contributed by atoms with van der Waals surface area (Å²) in [5, 5.41) is 3.87. The van der Waals surface area contributed by atoms with Gasteiger partial charge in [-0.1, -0.05) is 46.2 Å². The van der Waals surface area contributed by atoms with E-state index in [1.807, 2.05) is 12.1 Å². The van der Waals surface area contributed by atoms with E-state index in [0.29, 0.717) is 18.0 Å². The highest BCUT2D eigenvalue weighted by molar-refractivity contribution is 5.20. The molecule has 0 aromatic heterocycles. The van der Waals surface area contributed by atoms with Crippen LogP contribution in [-0.4, -0.2) is 6.04 Å². The van der Waals surface area contributed by atoms with Crippen LogP contribution in [0.15, 0.2) is 24.3 Å². The number of rotatable bonds is 4. The largest absolute Gasteiger partial charge is 0.306 e. The molecule has 2 heteroatoms. The SMILES string of the molecule is CC(C)C(NC1C(C)CCCC1C)c1ccc(F)cc1. The molecule has 1 nitrogen and oxygen atoms in total. The van der Waals surface area contributed by atoms with Gasteiger partial charge in [-0.05, 0) is 48.3 Å². The van der Waals surface area contributed by atoms with Crippen molar-refractivity contribution in [2.24, 2.45) is 17.8 Å². The molecule has 1 N–H and O–H groups in total. The maximum atomic E-state index is 13.1. The lowest BCUT2D eigenvalue weighted by molar-refractivity contribution is 0.179. The minimum Gasteiger partial charge on any atom is -0.306 e. The van der Waals surface area contributed by atoms with Crippen LogP contribution in [0.2, 0.25) is 0 Å². The molecule has 1 saturated carbocycles. The predicted molar refractivity (Wildman–Crippen MR) is 83.1 cm³/mol. The van der Waals surface area contributed by atoms with Crippen molar-refractivity contribution in [2.75, 3.05) is 0 Å². The molecule has 3 atom stereocenters. The van der Waals surface area contributed by atoms with Gasteiger partial charge >= 0.3 is 0 Å². The van der Waals surface area contributed by atoms with Crippen molar-refractivity contribution in [3.63, 3.8) is 0 Å². The van der Waals surface area contributed by atoms with Gasteiger partial charge in [0.15, 0.2) is 0 Å². The van der Waals surface area contributed by atoms with Gasteiger partial charge in [0, 0.05) is 12.1 Å². The normalized spacial score (nSPS) is 28.6. The zero-order valence-electron chi connectivity index (χ0n) is 13.2. The Morgan fingerprint density at radius 1 is 1.05 bits per heavy atom. The van der Waals surface area contributed by atoms with Crippen LogP contribution in [0, 0.1) is 23.6 Å². The molecule has 0 aliphatic heterocycles. The third kappa shape index (κ3) is 3.60. The summed E-state index contributed by atoms with van der Waals surface area (Å²) >= 11 is 0. The van der Waals surface area contributed by atoms with E-state index < -0.39 is 0 Å². The highest BCUT2D eigenvalue weighted by Crippen LogP contribution is 2.32. The molecule has 1 aromatic carbocycles.